The smallest absolute Gasteiger partial charge is 0.246 e. The summed E-state index contributed by atoms with van der Waals surface area (Å²) in [4.78, 5) is 17.4. The van der Waals surface area contributed by atoms with Crippen LogP contribution in [0.1, 0.15) is 29.0 Å². The van der Waals surface area contributed by atoms with Crippen LogP contribution >= 0.6 is 22.9 Å². The Labute approximate surface area is 132 Å². The lowest BCUT2D eigenvalue weighted by Crippen LogP contribution is -2.37. The van der Waals surface area contributed by atoms with Gasteiger partial charge in [0, 0.05) is 16.3 Å². The molecule has 6 heteroatoms. The number of rotatable bonds is 4. The molecule has 0 unspecified atom stereocenters. The van der Waals surface area contributed by atoms with Gasteiger partial charge in [0.15, 0.2) is 5.13 Å². The van der Waals surface area contributed by atoms with E-state index in [1.807, 2.05) is 31.2 Å². The second-order valence-electron chi connectivity index (χ2n) is 5.41. The maximum absolute atomic E-state index is 11.9. The van der Waals surface area contributed by atoms with Crippen LogP contribution in [0.4, 0.5) is 5.13 Å². The van der Waals surface area contributed by atoms with Crippen LogP contribution in [0, 0.1) is 6.92 Å². The van der Waals surface area contributed by atoms with Crippen molar-refractivity contribution in [3.05, 3.63) is 45.4 Å². The van der Waals surface area contributed by atoms with Gasteiger partial charge >= 0.3 is 0 Å². The van der Waals surface area contributed by atoms with E-state index in [2.05, 4.69) is 10.3 Å². The molecular formula is C15H16ClN3OS. The molecule has 110 valence electrons. The van der Waals surface area contributed by atoms with Crippen LogP contribution < -0.4 is 11.1 Å². The third-order valence-electron chi connectivity index (χ3n) is 3.66. The lowest BCUT2D eigenvalue weighted by Gasteiger charge is -2.06. The highest BCUT2D eigenvalue weighted by Crippen LogP contribution is 2.34. The van der Waals surface area contributed by atoms with Gasteiger partial charge in [0.1, 0.15) is 0 Å². The van der Waals surface area contributed by atoms with Crippen molar-refractivity contribution in [1.82, 2.24) is 4.98 Å². The summed E-state index contributed by atoms with van der Waals surface area (Å²) in [7, 11) is 0. The van der Waals surface area contributed by atoms with E-state index in [9.17, 15) is 4.79 Å². The van der Waals surface area contributed by atoms with Gasteiger partial charge in [-0.25, -0.2) is 4.98 Å². The predicted molar refractivity (Wildman–Crippen MR) is 85.9 cm³/mol. The van der Waals surface area contributed by atoms with Crippen LogP contribution in [-0.4, -0.2) is 16.4 Å². The predicted octanol–water partition coefficient (Wildman–Crippen LogP) is 3.13. The molecule has 1 aromatic carbocycles. The zero-order valence-corrected chi connectivity index (χ0v) is 13.2. The number of halogens is 1. The van der Waals surface area contributed by atoms with Crippen molar-refractivity contribution in [2.45, 2.75) is 31.7 Å². The number of hydrogen-bond acceptors (Lipinski definition) is 4. The van der Waals surface area contributed by atoms with Crippen molar-refractivity contribution in [3.8, 4) is 0 Å². The number of thiazole rings is 1. The molecule has 0 saturated heterocycles. The zero-order chi connectivity index (χ0) is 15.0. The summed E-state index contributed by atoms with van der Waals surface area (Å²) in [6.45, 7) is 1.94. The number of benzene rings is 1. The Morgan fingerprint density at radius 1 is 1.48 bits per heavy atom. The quantitative estimate of drug-likeness (QED) is 0.909. The lowest BCUT2D eigenvalue weighted by molar-refractivity contribution is -0.118. The van der Waals surface area contributed by atoms with E-state index < -0.39 is 5.54 Å². The highest BCUT2D eigenvalue weighted by molar-refractivity contribution is 7.15. The van der Waals surface area contributed by atoms with Crippen LogP contribution in [0.2, 0.25) is 5.02 Å². The van der Waals surface area contributed by atoms with Crippen LogP contribution in [0.3, 0.4) is 0 Å². The Morgan fingerprint density at radius 3 is 2.86 bits per heavy atom. The number of hydrogen-bond donors (Lipinski definition) is 2. The molecule has 1 heterocycles. The molecule has 2 aromatic rings. The Kier molecular flexibility index (Phi) is 3.73. The minimum atomic E-state index is -0.678. The van der Waals surface area contributed by atoms with Crippen LogP contribution in [0.25, 0.3) is 0 Å². The molecule has 3 N–H and O–H groups in total. The van der Waals surface area contributed by atoms with Crippen molar-refractivity contribution in [2.24, 2.45) is 5.73 Å². The maximum Gasteiger partial charge on any atom is 0.246 e. The first-order valence-corrected chi connectivity index (χ1v) is 7.97. The van der Waals surface area contributed by atoms with E-state index >= 15 is 0 Å². The molecule has 21 heavy (non-hydrogen) atoms. The second kappa shape index (κ2) is 5.40. The Bertz CT molecular complexity index is 694. The van der Waals surface area contributed by atoms with Gasteiger partial charge < -0.3 is 11.1 Å². The Balaban J connectivity index is 1.75. The van der Waals surface area contributed by atoms with E-state index in [1.54, 1.807) is 0 Å². The van der Waals surface area contributed by atoms with Crippen molar-refractivity contribution in [2.75, 3.05) is 5.32 Å². The molecule has 0 bridgehead atoms. The van der Waals surface area contributed by atoms with Crippen LogP contribution in [0.15, 0.2) is 24.3 Å². The second-order valence-corrected chi connectivity index (χ2v) is 6.90. The molecule has 1 aliphatic rings. The number of amides is 1. The van der Waals surface area contributed by atoms with Crippen LogP contribution in [0.5, 0.6) is 0 Å². The fourth-order valence-electron chi connectivity index (χ4n) is 2.04. The molecule has 0 atom stereocenters. The van der Waals surface area contributed by atoms with Gasteiger partial charge in [-0.05, 0) is 31.4 Å². The van der Waals surface area contributed by atoms with Crippen molar-refractivity contribution in [1.29, 1.82) is 0 Å². The van der Waals surface area contributed by atoms with E-state index in [0.29, 0.717) is 11.6 Å². The van der Waals surface area contributed by atoms with Gasteiger partial charge in [-0.15, -0.1) is 11.3 Å². The third kappa shape index (κ3) is 3.10. The van der Waals surface area contributed by atoms with Gasteiger partial charge in [-0.3, -0.25) is 4.79 Å². The molecule has 0 aliphatic heterocycles. The average molecular weight is 322 g/mol. The van der Waals surface area contributed by atoms with E-state index in [1.165, 1.54) is 11.3 Å². The Morgan fingerprint density at radius 2 is 2.19 bits per heavy atom. The van der Waals surface area contributed by atoms with Crippen molar-refractivity contribution in [3.63, 3.8) is 0 Å². The first kappa shape index (κ1) is 14.5. The van der Waals surface area contributed by atoms with E-state index in [4.69, 9.17) is 17.3 Å². The average Bonchev–Trinajstić information content (AvgIpc) is 3.10. The minimum Gasteiger partial charge on any atom is -0.317 e. The fraction of sp³-hybridized carbons (Fsp3) is 0.333. The van der Waals surface area contributed by atoms with Gasteiger partial charge in [0.2, 0.25) is 5.91 Å². The summed E-state index contributed by atoms with van der Waals surface area (Å²) in [5.74, 6) is -0.138. The number of anilines is 1. The fourth-order valence-corrected chi connectivity index (χ4v) is 3.23. The largest absolute Gasteiger partial charge is 0.317 e. The summed E-state index contributed by atoms with van der Waals surface area (Å²) in [5.41, 5.74) is 7.17. The lowest BCUT2D eigenvalue weighted by atomic mass is 10.1. The normalized spacial score (nSPS) is 15.8. The highest BCUT2D eigenvalue weighted by Gasteiger charge is 2.46. The van der Waals surface area contributed by atoms with Crippen LogP contribution in [-0.2, 0) is 11.2 Å². The SMILES string of the molecule is Cc1nc(NC(=O)C2(N)CC2)sc1Cc1ccccc1Cl. The summed E-state index contributed by atoms with van der Waals surface area (Å²) in [5, 5.41) is 4.17. The monoisotopic (exact) mass is 321 g/mol. The molecule has 1 fully saturated rings. The number of nitrogens with two attached hydrogens (primary N) is 1. The van der Waals surface area contributed by atoms with E-state index in [0.717, 1.165) is 34.0 Å². The molecule has 4 nitrogen and oxygen atoms in total. The number of carbonyl (C=O) groups excluding carboxylic acids is 1. The minimum absolute atomic E-state index is 0.138. The molecule has 1 saturated carbocycles. The molecule has 0 spiro atoms. The molecular weight excluding hydrogens is 306 g/mol. The Hall–Kier alpha value is -1.43. The molecule has 3 rings (SSSR count). The van der Waals surface area contributed by atoms with Crippen molar-refractivity contribution < 1.29 is 4.79 Å². The molecule has 1 aromatic heterocycles. The topological polar surface area (TPSA) is 68.0 Å². The standard InChI is InChI=1S/C15H16ClN3OS/c1-9-12(8-10-4-2-3-5-11(10)16)21-14(18-9)19-13(20)15(17)6-7-15/h2-5H,6-8,17H2,1H3,(H,18,19,20). The third-order valence-corrected chi connectivity index (χ3v) is 5.10. The van der Waals surface area contributed by atoms with Gasteiger partial charge in [-0.2, -0.15) is 0 Å². The number of nitrogens with zero attached hydrogens (tertiary/aromatic N) is 1. The first-order chi connectivity index (χ1) is 9.98. The van der Waals surface area contributed by atoms with Gasteiger partial charge in [0.25, 0.3) is 0 Å². The maximum atomic E-state index is 11.9. The number of carbonyl (C=O) groups is 1. The van der Waals surface area contributed by atoms with Crippen molar-refractivity contribution >= 4 is 34.0 Å². The molecule has 1 amide bonds. The zero-order valence-electron chi connectivity index (χ0n) is 11.6. The van der Waals surface area contributed by atoms with Gasteiger partial charge in [-0.1, -0.05) is 29.8 Å². The number of aromatic nitrogens is 1. The highest BCUT2D eigenvalue weighted by atomic mass is 35.5. The summed E-state index contributed by atoms with van der Waals surface area (Å²) in [6.07, 6.45) is 2.21. The number of nitrogens with one attached hydrogen (secondary N) is 1. The summed E-state index contributed by atoms with van der Waals surface area (Å²) >= 11 is 7.66. The van der Waals surface area contributed by atoms with E-state index in [-0.39, 0.29) is 5.91 Å². The first-order valence-electron chi connectivity index (χ1n) is 6.78. The summed E-state index contributed by atoms with van der Waals surface area (Å²) < 4.78 is 0. The number of aryl methyl sites for hydroxylation is 1. The summed E-state index contributed by atoms with van der Waals surface area (Å²) in [6, 6.07) is 7.75. The van der Waals surface area contributed by atoms with Gasteiger partial charge in [0.05, 0.1) is 11.2 Å². The molecule has 1 aliphatic carbocycles. The molecule has 0 radical (unpaired) electrons.